The second kappa shape index (κ2) is 4.16. The lowest BCUT2D eigenvalue weighted by Crippen LogP contribution is -2.48. The third-order valence-electron chi connectivity index (χ3n) is 3.76. The van der Waals surface area contributed by atoms with Gasteiger partial charge in [-0.25, -0.2) is 0 Å². The zero-order chi connectivity index (χ0) is 12.8. The molecule has 3 rings (SSSR count). The average molecular weight is 247 g/mol. The van der Waals surface area contributed by atoms with E-state index in [1.54, 1.807) is 0 Å². The summed E-state index contributed by atoms with van der Waals surface area (Å²) in [6.07, 6.45) is 1.23. The van der Waals surface area contributed by atoms with Crippen molar-refractivity contribution in [2.45, 2.75) is 44.8 Å². The van der Waals surface area contributed by atoms with Crippen LogP contribution in [0, 0.1) is 0 Å². The van der Waals surface area contributed by atoms with Crippen molar-refractivity contribution in [3.05, 3.63) is 23.8 Å². The molecule has 0 saturated carbocycles. The Bertz CT molecular complexity index is 450. The number of nitrogens with one attached hydrogen (secondary N) is 1. The maximum absolute atomic E-state index is 6.06. The highest BCUT2D eigenvalue weighted by Crippen LogP contribution is 2.36. The molecule has 18 heavy (non-hydrogen) atoms. The minimum atomic E-state index is 0.163. The standard InChI is InChI=1S/C15H21NO2/c1-15(2,3)10-4-5-13-11(8-10)16-12-9-17-7-6-14(12)18-13/h4-5,8,12,14,16H,6-7,9H2,1-3H3. The smallest absolute Gasteiger partial charge is 0.142 e. The first-order valence-electron chi connectivity index (χ1n) is 6.69. The largest absolute Gasteiger partial charge is 0.486 e. The molecule has 1 saturated heterocycles. The van der Waals surface area contributed by atoms with Crippen molar-refractivity contribution in [3.8, 4) is 5.75 Å². The Morgan fingerprint density at radius 2 is 2.11 bits per heavy atom. The molecule has 0 spiro atoms. The maximum Gasteiger partial charge on any atom is 0.142 e. The van der Waals surface area contributed by atoms with E-state index >= 15 is 0 Å². The first-order valence-corrected chi connectivity index (χ1v) is 6.69. The molecule has 1 aromatic carbocycles. The van der Waals surface area contributed by atoms with Gasteiger partial charge in [0.2, 0.25) is 0 Å². The number of hydrogen-bond acceptors (Lipinski definition) is 3. The highest BCUT2D eigenvalue weighted by atomic mass is 16.5. The Morgan fingerprint density at radius 3 is 2.89 bits per heavy atom. The molecule has 0 amide bonds. The van der Waals surface area contributed by atoms with Crippen molar-refractivity contribution in [2.24, 2.45) is 0 Å². The van der Waals surface area contributed by atoms with Crippen LogP contribution in [-0.4, -0.2) is 25.4 Å². The number of fused-ring (bicyclic) bond motifs is 2. The topological polar surface area (TPSA) is 30.5 Å². The molecule has 2 unspecified atom stereocenters. The summed E-state index contributed by atoms with van der Waals surface area (Å²) in [5.41, 5.74) is 2.60. The summed E-state index contributed by atoms with van der Waals surface area (Å²) in [5.74, 6) is 0.978. The minimum absolute atomic E-state index is 0.163. The van der Waals surface area contributed by atoms with Gasteiger partial charge < -0.3 is 14.8 Å². The Labute approximate surface area is 108 Å². The van der Waals surface area contributed by atoms with Gasteiger partial charge in [-0.05, 0) is 23.1 Å². The fourth-order valence-electron chi connectivity index (χ4n) is 2.57. The second-order valence-corrected chi connectivity index (χ2v) is 6.23. The van der Waals surface area contributed by atoms with Crippen LogP contribution in [0.3, 0.4) is 0 Å². The molecule has 1 N–H and O–H groups in total. The van der Waals surface area contributed by atoms with E-state index in [0.29, 0.717) is 6.04 Å². The number of rotatable bonds is 0. The molecule has 0 bridgehead atoms. The van der Waals surface area contributed by atoms with Crippen LogP contribution in [0.5, 0.6) is 5.75 Å². The van der Waals surface area contributed by atoms with Crippen LogP contribution < -0.4 is 10.1 Å². The highest BCUT2D eigenvalue weighted by molar-refractivity contribution is 5.61. The lowest BCUT2D eigenvalue weighted by atomic mass is 9.86. The van der Waals surface area contributed by atoms with E-state index in [2.05, 4.69) is 44.3 Å². The number of benzene rings is 1. The molecule has 2 heterocycles. The average Bonchev–Trinajstić information content (AvgIpc) is 2.34. The van der Waals surface area contributed by atoms with E-state index in [4.69, 9.17) is 9.47 Å². The van der Waals surface area contributed by atoms with Crippen LogP contribution in [0.2, 0.25) is 0 Å². The summed E-state index contributed by atoms with van der Waals surface area (Å²) in [6, 6.07) is 6.76. The van der Waals surface area contributed by atoms with Crippen LogP contribution in [0.25, 0.3) is 0 Å². The zero-order valence-electron chi connectivity index (χ0n) is 11.3. The predicted octanol–water partition coefficient (Wildman–Crippen LogP) is 2.95. The van der Waals surface area contributed by atoms with Crippen LogP contribution in [-0.2, 0) is 10.2 Å². The molecule has 1 aromatic rings. The third-order valence-corrected chi connectivity index (χ3v) is 3.76. The molecule has 2 atom stereocenters. The van der Waals surface area contributed by atoms with Crippen LogP contribution in [0.15, 0.2) is 18.2 Å². The summed E-state index contributed by atoms with van der Waals surface area (Å²) in [5, 5.41) is 3.56. The highest BCUT2D eigenvalue weighted by Gasteiger charge is 2.32. The van der Waals surface area contributed by atoms with Crippen molar-refractivity contribution in [1.29, 1.82) is 0 Å². The monoisotopic (exact) mass is 247 g/mol. The first-order chi connectivity index (χ1) is 8.54. The number of hydrogen-bond donors (Lipinski definition) is 1. The van der Waals surface area contributed by atoms with Gasteiger partial charge in [0.1, 0.15) is 11.9 Å². The lowest BCUT2D eigenvalue weighted by Gasteiger charge is -2.38. The van der Waals surface area contributed by atoms with Gasteiger partial charge in [-0.2, -0.15) is 0 Å². The van der Waals surface area contributed by atoms with E-state index in [9.17, 15) is 0 Å². The van der Waals surface area contributed by atoms with E-state index < -0.39 is 0 Å². The molecule has 2 aliphatic rings. The van der Waals surface area contributed by atoms with Crippen molar-refractivity contribution in [1.82, 2.24) is 0 Å². The number of anilines is 1. The Kier molecular flexibility index (Phi) is 2.74. The summed E-state index contributed by atoms with van der Waals surface area (Å²) < 4.78 is 11.6. The molecule has 3 nitrogen and oxygen atoms in total. The second-order valence-electron chi connectivity index (χ2n) is 6.23. The van der Waals surface area contributed by atoms with Gasteiger partial charge in [0.05, 0.1) is 24.9 Å². The molecular weight excluding hydrogens is 226 g/mol. The molecule has 1 fully saturated rings. The SMILES string of the molecule is CC(C)(C)c1ccc2c(c1)NC1COCCC1O2. The molecule has 0 radical (unpaired) electrons. The van der Waals surface area contributed by atoms with E-state index in [0.717, 1.165) is 31.1 Å². The van der Waals surface area contributed by atoms with Gasteiger partial charge in [0, 0.05) is 6.42 Å². The van der Waals surface area contributed by atoms with Crippen molar-refractivity contribution < 1.29 is 9.47 Å². The molecule has 0 aromatic heterocycles. The Balaban J connectivity index is 1.91. The molecular formula is C15H21NO2. The minimum Gasteiger partial charge on any atom is -0.486 e. The van der Waals surface area contributed by atoms with Gasteiger partial charge in [-0.15, -0.1) is 0 Å². The number of ether oxygens (including phenoxy) is 2. The Hall–Kier alpha value is -1.22. The van der Waals surface area contributed by atoms with Gasteiger partial charge >= 0.3 is 0 Å². The van der Waals surface area contributed by atoms with Crippen molar-refractivity contribution in [2.75, 3.05) is 18.5 Å². The fourth-order valence-corrected chi connectivity index (χ4v) is 2.57. The summed E-state index contributed by atoms with van der Waals surface area (Å²) >= 11 is 0. The molecule has 0 aliphatic carbocycles. The van der Waals surface area contributed by atoms with Gasteiger partial charge in [-0.3, -0.25) is 0 Å². The van der Waals surface area contributed by atoms with Gasteiger partial charge in [-0.1, -0.05) is 26.8 Å². The quantitative estimate of drug-likeness (QED) is 0.764. The van der Waals surface area contributed by atoms with Crippen LogP contribution in [0.1, 0.15) is 32.8 Å². The summed E-state index contributed by atoms with van der Waals surface area (Å²) in [7, 11) is 0. The van der Waals surface area contributed by atoms with Gasteiger partial charge in [0.25, 0.3) is 0 Å². The third kappa shape index (κ3) is 2.07. The molecule has 3 heteroatoms. The summed E-state index contributed by atoms with van der Waals surface area (Å²) in [4.78, 5) is 0. The zero-order valence-corrected chi connectivity index (χ0v) is 11.3. The van der Waals surface area contributed by atoms with Crippen LogP contribution in [0.4, 0.5) is 5.69 Å². The van der Waals surface area contributed by atoms with E-state index in [-0.39, 0.29) is 11.5 Å². The van der Waals surface area contributed by atoms with E-state index in [1.807, 2.05) is 0 Å². The Morgan fingerprint density at radius 1 is 1.28 bits per heavy atom. The normalized spacial score (nSPS) is 26.6. The van der Waals surface area contributed by atoms with Crippen molar-refractivity contribution in [3.63, 3.8) is 0 Å². The maximum atomic E-state index is 6.06. The molecule has 98 valence electrons. The molecule has 2 aliphatic heterocycles. The van der Waals surface area contributed by atoms with Gasteiger partial charge in [0.15, 0.2) is 0 Å². The summed E-state index contributed by atoms with van der Waals surface area (Å²) in [6.45, 7) is 8.23. The fraction of sp³-hybridized carbons (Fsp3) is 0.600. The van der Waals surface area contributed by atoms with Crippen molar-refractivity contribution >= 4 is 5.69 Å². The first kappa shape index (κ1) is 11.8. The predicted molar refractivity (Wildman–Crippen MR) is 72.4 cm³/mol. The van der Waals surface area contributed by atoms with Crippen LogP contribution >= 0.6 is 0 Å². The lowest BCUT2D eigenvalue weighted by molar-refractivity contribution is 0.00989. The van der Waals surface area contributed by atoms with E-state index in [1.165, 1.54) is 5.56 Å².